The van der Waals surface area contributed by atoms with Crippen molar-refractivity contribution in [3.8, 4) is 11.5 Å². The molecule has 1 unspecified atom stereocenters. The standard InChI is InChI=1S/C12H15BrO3/c1-7-5-9(15-3)6-10(16-4)11(7)12(13)8(2)14/h5-6,12H,1-4H3. The van der Waals surface area contributed by atoms with Gasteiger partial charge in [0.05, 0.1) is 14.2 Å². The summed E-state index contributed by atoms with van der Waals surface area (Å²) in [5.41, 5.74) is 1.82. The fourth-order valence-electron chi connectivity index (χ4n) is 1.55. The first-order valence-corrected chi connectivity index (χ1v) is 5.79. The van der Waals surface area contributed by atoms with Gasteiger partial charge < -0.3 is 9.47 Å². The predicted molar refractivity (Wildman–Crippen MR) is 66.6 cm³/mol. The molecule has 0 amide bonds. The zero-order chi connectivity index (χ0) is 12.3. The maximum absolute atomic E-state index is 11.4. The third-order valence-corrected chi connectivity index (χ3v) is 3.49. The molecule has 0 spiro atoms. The van der Waals surface area contributed by atoms with Crippen molar-refractivity contribution in [1.29, 1.82) is 0 Å². The molecule has 0 aromatic heterocycles. The lowest BCUT2D eigenvalue weighted by Crippen LogP contribution is -2.06. The molecule has 3 nitrogen and oxygen atoms in total. The number of aryl methyl sites for hydroxylation is 1. The summed E-state index contributed by atoms with van der Waals surface area (Å²) < 4.78 is 10.4. The Bertz CT molecular complexity index is 401. The monoisotopic (exact) mass is 286 g/mol. The van der Waals surface area contributed by atoms with Crippen molar-refractivity contribution < 1.29 is 14.3 Å². The van der Waals surface area contributed by atoms with Crippen molar-refractivity contribution in [3.63, 3.8) is 0 Å². The Labute approximate surface area is 104 Å². The average molecular weight is 287 g/mol. The number of rotatable bonds is 4. The maximum Gasteiger partial charge on any atom is 0.147 e. The Morgan fingerprint density at radius 3 is 2.38 bits per heavy atom. The van der Waals surface area contributed by atoms with Crippen molar-refractivity contribution in [2.75, 3.05) is 14.2 Å². The molecule has 1 aromatic rings. The lowest BCUT2D eigenvalue weighted by Gasteiger charge is -2.16. The number of carbonyl (C=O) groups is 1. The molecule has 0 saturated carbocycles. The van der Waals surface area contributed by atoms with Crippen LogP contribution in [0.2, 0.25) is 0 Å². The summed E-state index contributed by atoms with van der Waals surface area (Å²) in [5, 5.41) is 0. The summed E-state index contributed by atoms with van der Waals surface area (Å²) in [4.78, 5) is 11.0. The first-order valence-electron chi connectivity index (χ1n) is 4.88. The second-order valence-corrected chi connectivity index (χ2v) is 4.45. The molecule has 0 radical (unpaired) electrons. The molecule has 1 aromatic carbocycles. The number of ether oxygens (including phenoxy) is 2. The van der Waals surface area contributed by atoms with Gasteiger partial charge in [-0.3, -0.25) is 4.79 Å². The van der Waals surface area contributed by atoms with Crippen LogP contribution in [0.3, 0.4) is 0 Å². The molecule has 0 saturated heterocycles. The van der Waals surface area contributed by atoms with Crippen LogP contribution in [-0.2, 0) is 4.79 Å². The number of methoxy groups -OCH3 is 2. The van der Waals surface area contributed by atoms with Gasteiger partial charge in [0, 0.05) is 11.6 Å². The SMILES string of the molecule is COc1cc(C)c(C(Br)C(C)=O)c(OC)c1. The maximum atomic E-state index is 11.4. The van der Waals surface area contributed by atoms with Crippen LogP contribution in [0.25, 0.3) is 0 Å². The first kappa shape index (κ1) is 13.0. The van der Waals surface area contributed by atoms with E-state index in [9.17, 15) is 4.79 Å². The van der Waals surface area contributed by atoms with E-state index in [1.54, 1.807) is 27.2 Å². The largest absolute Gasteiger partial charge is 0.497 e. The molecule has 0 aliphatic carbocycles. The zero-order valence-electron chi connectivity index (χ0n) is 9.83. The second kappa shape index (κ2) is 5.34. The molecule has 0 bridgehead atoms. The Morgan fingerprint density at radius 2 is 1.94 bits per heavy atom. The van der Waals surface area contributed by atoms with E-state index < -0.39 is 0 Å². The predicted octanol–water partition coefficient (Wildman–Crippen LogP) is 3.04. The van der Waals surface area contributed by atoms with Crippen molar-refractivity contribution in [2.24, 2.45) is 0 Å². The molecule has 1 rings (SSSR count). The van der Waals surface area contributed by atoms with Crippen molar-refractivity contribution in [3.05, 3.63) is 23.3 Å². The molecule has 0 N–H and O–H groups in total. The highest BCUT2D eigenvalue weighted by Gasteiger charge is 2.20. The van der Waals surface area contributed by atoms with E-state index in [1.807, 2.05) is 13.0 Å². The van der Waals surface area contributed by atoms with Gasteiger partial charge in [-0.15, -0.1) is 0 Å². The van der Waals surface area contributed by atoms with Gasteiger partial charge in [-0.2, -0.15) is 0 Å². The molecule has 16 heavy (non-hydrogen) atoms. The minimum atomic E-state index is -0.339. The van der Waals surface area contributed by atoms with Gasteiger partial charge in [0.15, 0.2) is 0 Å². The summed E-state index contributed by atoms with van der Waals surface area (Å²) in [6.45, 7) is 3.47. The van der Waals surface area contributed by atoms with E-state index in [2.05, 4.69) is 15.9 Å². The van der Waals surface area contributed by atoms with Gasteiger partial charge in [0.25, 0.3) is 0 Å². The molecule has 0 heterocycles. The number of ketones is 1. The van der Waals surface area contributed by atoms with Crippen LogP contribution in [0.4, 0.5) is 0 Å². The van der Waals surface area contributed by atoms with E-state index in [4.69, 9.17) is 9.47 Å². The van der Waals surface area contributed by atoms with Crippen LogP contribution in [0, 0.1) is 6.92 Å². The Balaban J connectivity index is 3.31. The second-order valence-electron chi connectivity index (χ2n) is 3.53. The summed E-state index contributed by atoms with van der Waals surface area (Å²) >= 11 is 3.37. The number of Topliss-reactive ketones (excluding diaryl/α,β-unsaturated/α-hetero) is 1. The molecule has 0 aliphatic rings. The fraction of sp³-hybridized carbons (Fsp3) is 0.417. The van der Waals surface area contributed by atoms with Crippen molar-refractivity contribution in [2.45, 2.75) is 18.7 Å². The highest BCUT2D eigenvalue weighted by molar-refractivity contribution is 9.09. The quantitative estimate of drug-likeness (QED) is 0.798. The van der Waals surface area contributed by atoms with Gasteiger partial charge in [-0.05, 0) is 25.5 Å². The van der Waals surface area contributed by atoms with E-state index in [0.717, 1.165) is 16.9 Å². The lowest BCUT2D eigenvalue weighted by molar-refractivity contribution is -0.116. The van der Waals surface area contributed by atoms with Crippen LogP contribution in [0.15, 0.2) is 12.1 Å². The fourth-order valence-corrected chi connectivity index (χ4v) is 2.14. The number of benzene rings is 1. The van der Waals surface area contributed by atoms with E-state index in [-0.39, 0.29) is 10.6 Å². The molecule has 0 fully saturated rings. The molecule has 1 atom stereocenters. The third kappa shape index (κ3) is 2.55. The highest BCUT2D eigenvalue weighted by Crippen LogP contribution is 2.37. The summed E-state index contributed by atoms with van der Waals surface area (Å²) in [6.07, 6.45) is 0. The number of hydrogen-bond donors (Lipinski definition) is 0. The van der Waals surface area contributed by atoms with Crippen LogP contribution in [0.1, 0.15) is 22.9 Å². The summed E-state index contributed by atoms with van der Waals surface area (Å²) in [7, 11) is 3.18. The molecular weight excluding hydrogens is 272 g/mol. The van der Waals surface area contributed by atoms with Gasteiger partial charge in [-0.1, -0.05) is 15.9 Å². The third-order valence-electron chi connectivity index (χ3n) is 2.39. The van der Waals surface area contributed by atoms with Gasteiger partial charge in [0.2, 0.25) is 0 Å². The number of alkyl halides is 1. The first-order chi connectivity index (χ1) is 7.51. The normalized spacial score (nSPS) is 12.1. The van der Waals surface area contributed by atoms with E-state index in [0.29, 0.717) is 5.75 Å². The van der Waals surface area contributed by atoms with Crippen molar-refractivity contribution in [1.82, 2.24) is 0 Å². The minimum absolute atomic E-state index is 0.0477. The highest BCUT2D eigenvalue weighted by atomic mass is 79.9. The number of halogens is 1. The average Bonchev–Trinajstić information content (AvgIpc) is 2.26. The van der Waals surface area contributed by atoms with Gasteiger partial charge >= 0.3 is 0 Å². The smallest absolute Gasteiger partial charge is 0.147 e. The summed E-state index contributed by atoms with van der Waals surface area (Å²) in [5.74, 6) is 1.43. The Morgan fingerprint density at radius 1 is 1.31 bits per heavy atom. The zero-order valence-corrected chi connectivity index (χ0v) is 11.4. The van der Waals surface area contributed by atoms with E-state index in [1.165, 1.54) is 0 Å². The van der Waals surface area contributed by atoms with Crippen LogP contribution >= 0.6 is 15.9 Å². The minimum Gasteiger partial charge on any atom is -0.497 e. The molecule has 4 heteroatoms. The van der Waals surface area contributed by atoms with Crippen LogP contribution < -0.4 is 9.47 Å². The Hall–Kier alpha value is -1.03. The van der Waals surface area contributed by atoms with Crippen LogP contribution in [0.5, 0.6) is 11.5 Å². The molecule has 0 aliphatic heterocycles. The molecular formula is C12H15BrO3. The van der Waals surface area contributed by atoms with Gasteiger partial charge in [-0.25, -0.2) is 0 Å². The Kier molecular flexibility index (Phi) is 4.35. The topological polar surface area (TPSA) is 35.5 Å². The van der Waals surface area contributed by atoms with Gasteiger partial charge in [0.1, 0.15) is 22.1 Å². The van der Waals surface area contributed by atoms with E-state index >= 15 is 0 Å². The summed E-state index contributed by atoms with van der Waals surface area (Å²) in [6, 6.07) is 3.66. The lowest BCUT2D eigenvalue weighted by atomic mass is 10.0. The number of hydrogen-bond acceptors (Lipinski definition) is 3. The molecule has 88 valence electrons. The van der Waals surface area contributed by atoms with Crippen LogP contribution in [-0.4, -0.2) is 20.0 Å². The van der Waals surface area contributed by atoms with Crippen molar-refractivity contribution >= 4 is 21.7 Å². The number of carbonyl (C=O) groups excluding carboxylic acids is 1.